The van der Waals surface area contributed by atoms with Crippen LogP contribution in [0.5, 0.6) is 0 Å². The van der Waals surface area contributed by atoms with Gasteiger partial charge in [-0.25, -0.2) is 0 Å². The molecule has 0 aliphatic carbocycles. The van der Waals surface area contributed by atoms with Gasteiger partial charge in [0.1, 0.15) is 0 Å². The van der Waals surface area contributed by atoms with E-state index in [2.05, 4.69) is 0 Å². The first-order chi connectivity index (χ1) is 2.00. The SMILES string of the molecule is O=[Te](=O)(O)O.[H-].[Li+]. The Hall–Kier alpha value is 0.907. The Morgan fingerprint density at radius 2 is 1.33 bits per heavy atom. The van der Waals surface area contributed by atoms with Gasteiger partial charge in [0, 0.05) is 0 Å². The fraction of sp³-hybridized carbons (Fsp3) is 0. The molecule has 0 spiro atoms. The van der Waals surface area contributed by atoms with Crippen molar-refractivity contribution in [3.8, 4) is 0 Å². The minimum absolute atomic E-state index is 0. The molecule has 0 amide bonds. The third-order valence-electron chi connectivity index (χ3n) is 0. The minimum Gasteiger partial charge on any atom is -1.00 e. The maximum atomic E-state index is 8.85. The molecule has 0 aromatic rings. The summed E-state index contributed by atoms with van der Waals surface area (Å²) in [6.07, 6.45) is 0. The molecule has 34 valence electrons. The van der Waals surface area contributed by atoms with Crippen molar-refractivity contribution in [2.45, 2.75) is 0 Å². The third-order valence-corrected chi connectivity index (χ3v) is 0. The van der Waals surface area contributed by atoms with E-state index in [0.29, 0.717) is 0 Å². The van der Waals surface area contributed by atoms with Crippen molar-refractivity contribution in [1.82, 2.24) is 0 Å². The first-order valence-corrected chi connectivity index (χ1v) is 4.69. The summed E-state index contributed by atoms with van der Waals surface area (Å²) >= 11 is -5.52. The molecule has 0 saturated carbocycles. The van der Waals surface area contributed by atoms with Crippen LogP contribution in [0.4, 0.5) is 0 Å². The van der Waals surface area contributed by atoms with E-state index in [1.165, 1.54) is 0 Å². The fourth-order valence-electron chi connectivity index (χ4n) is 0. The normalized spacial score (nSPS) is 9.67. The molecule has 0 atom stereocenters. The minimum atomic E-state index is -5.52. The quantitative estimate of drug-likeness (QED) is 0.387. The van der Waals surface area contributed by atoms with E-state index < -0.39 is 19.0 Å². The molecule has 6 heteroatoms. The Kier molecular flexibility index (Phi) is 4.97. The Morgan fingerprint density at radius 1 is 1.33 bits per heavy atom. The Morgan fingerprint density at radius 3 is 1.33 bits per heavy atom. The van der Waals surface area contributed by atoms with E-state index in [1.807, 2.05) is 0 Å². The molecule has 4 nitrogen and oxygen atoms in total. The fourth-order valence-corrected chi connectivity index (χ4v) is 0. The molecule has 0 aliphatic heterocycles. The molecule has 0 rings (SSSR count). The first kappa shape index (κ1) is 10.0. The molecule has 0 saturated heterocycles. The average Bonchev–Trinajstić information content (AvgIpc) is 0.722. The van der Waals surface area contributed by atoms with E-state index in [9.17, 15) is 0 Å². The summed E-state index contributed by atoms with van der Waals surface area (Å²) in [6.45, 7) is 0. The smallest absolute Gasteiger partial charge is 1.00 e. The van der Waals surface area contributed by atoms with Gasteiger partial charge in [-0.05, 0) is 0 Å². The predicted octanol–water partition coefficient (Wildman–Crippen LogP) is -4.62. The Labute approximate surface area is 52.5 Å². The van der Waals surface area contributed by atoms with Crippen molar-refractivity contribution < 1.29 is 33.4 Å². The van der Waals surface area contributed by atoms with Gasteiger partial charge in [0.25, 0.3) is 0 Å². The van der Waals surface area contributed by atoms with Crippen LogP contribution in [0.25, 0.3) is 0 Å². The zero-order valence-corrected chi connectivity index (χ0v) is 5.45. The van der Waals surface area contributed by atoms with Crippen LogP contribution in [-0.2, 0) is 6.21 Å². The summed E-state index contributed by atoms with van der Waals surface area (Å²) in [7, 11) is 0. The molecule has 2 N–H and O–H groups in total. The second-order valence-electron chi connectivity index (χ2n) is 0.448. The van der Waals surface area contributed by atoms with E-state index in [-0.39, 0.29) is 20.3 Å². The van der Waals surface area contributed by atoms with Gasteiger partial charge in [-0.3, -0.25) is 0 Å². The largest absolute Gasteiger partial charge is 1.00 e. The topological polar surface area (TPSA) is 74.6 Å². The second kappa shape index (κ2) is 2.98. The molecule has 0 aromatic carbocycles. The maximum Gasteiger partial charge on any atom is 1.00 e. The number of rotatable bonds is 0. The van der Waals surface area contributed by atoms with Crippen molar-refractivity contribution in [1.29, 1.82) is 0 Å². The zero-order chi connectivity index (χ0) is 4.50. The molecule has 6 heavy (non-hydrogen) atoms. The monoisotopic (exact) mass is 204 g/mol. The van der Waals surface area contributed by atoms with Crippen LogP contribution in [0.1, 0.15) is 1.43 Å². The van der Waals surface area contributed by atoms with Gasteiger partial charge in [0.2, 0.25) is 0 Å². The maximum absolute atomic E-state index is 8.85. The van der Waals surface area contributed by atoms with Crippen LogP contribution >= 0.6 is 0 Å². The second-order valence-corrected chi connectivity index (χ2v) is 3.00. The van der Waals surface area contributed by atoms with Crippen LogP contribution < -0.4 is 18.9 Å². The molecule has 0 unspecified atom stereocenters. The van der Waals surface area contributed by atoms with Crippen LogP contribution in [-0.4, -0.2) is 25.9 Å². The van der Waals surface area contributed by atoms with Crippen LogP contribution in [0.3, 0.4) is 0 Å². The van der Waals surface area contributed by atoms with Gasteiger partial charge < -0.3 is 1.43 Å². The van der Waals surface area contributed by atoms with Crippen molar-refractivity contribution in [3.05, 3.63) is 0 Å². The van der Waals surface area contributed by atoms with E-state index in [1.54, 1.807) is 0 Å². The van der Waals surface area contributed by atoms with Gasteiger partial charge in [-0.15, -0.1) is 0 Å². The summed E-state index contributed by atoms with van der Waals surface area (Å²) in [5, 5.41) is 0. The van der Waals surface area contributed by atoms with Crippen molar-refractivity contribution in [3.63, 3.8) is 0 Å². The molecule has 0 radical (unpaired) electrons. The molecular formula is H3LiO4Te. The standard InChI is InChI=1S/Li.H2O4Te.H/c;1-5(2,3)4;/h;(H2,1,2,3,4);/q+1;;-1. The summed E-state index contributed by atoms with van der Waals surface area (Å²) in [5.74, 6) is 0. The molecule has 0 bridgehead atoms. The van der Waals surface area contributed by atoms with Gasteiger partial charge in [-0.2, -0.15) is 0 Å². The summed E-state index contributed by atoms with van der Waals surface area (Å²) in [6, 6.07) is 0. The van der Waals surface area contributed by atoms with Gasteiger partial charge in [0.15, 0.2) is 0 Å². The molecule has 0 fully saturated rings. The van der Waals surface area contributed by atoms with E-state index in [4.69, 9.17) is 13.2 Å². The van der Waals surface area contributed by atoms with Crippen molar-refractivity contribution in [2.24, 2.45) is 0 Å². The predicted molar refractivity (Wildman–Crippen MR) is 12.7 cm³/mol. The summed E-state index contributed by atoms with van der Waals surface area (Å²) < 4.78 is 32.0. The van der Waals surface area contributed by atoms with E-state index in [0.717, 1.165) is 0 Å². The molecule has 0 heterocycles. The van der Waals surface area contributed by atoms with Crippen LogP contribution in [0, 0.1) is 0 Å². The van der Waals surface area contributed by atoms with Crippen molar-refractivity contribution in [2.75, 3.05) is 0 Å². The number of hydrogen-bond donors (Lipinski definition) is 2. The van der Waals surface area contributed by atoms with Crippen LogP contribution in [0.15, 0.2) is 0 Å². The molecule has 0 aromatic heterocycles. The summed E-state index contributed by atoms with van der Waals surface area (Å²) in [4.78, 5) is 0. The van der Waals surface area contributed by atoms with Gasteiger partial charge in [0.05, 0.1) is 0 Å². The summed E-state index contributed by atoms with van der Waals surface area (Å²) in [5.41, 5.74) is 0. The van der Waals surface area contributed by atoms with Crippen LogP contribution in [0.2, 0.25) is 0 Å². The molecule has 0 aliphatic rings. The molecular weight excluding hydrogens is 199 g/mol. The van der Waals surface area contributed by atoms with Crippen molar-refractivity contribution >= 4 is 19.0 Å². The Bertz CT molecular complexity index is 94.9. The third kappa shape index (κ3) is 91.0. The van der Waals surface area contributed by atoms with E-state index >= 15 is 0 Å². The Balaban J connectivity index is -0.0000000800. The average molecular weight is 202 g/mol. The van der Waals surface area contributed by atoms with Gasteiger partial charge >= 0.3 is 51.0 Å². The zero-order valence-electron chi connectivity index (χ0n) is 4.12. The number of hydrogen-bond acceptors (Lipinski definition) is 2. The first-order valence-electron chi connectivity index (χ1n) is 0.698. The van der Waals surface area contributed by atoms with Gasteiger partial charge in [-0.1, -0.05) is 0 Å².